The molecule has 1 unspecified atom stereocenters. The highest BCUT2D eigenvalue weighted by molar-refractivity contribution is 5.79. The van der Waals surface area contributed by atoms with Crippen LogP contribution in [0.3, 0.4) is 0 Å². The van der Waals surface area contributed by atoms with Crippen LogP contribution in [0.15, 0.2) is 48.5 Å². The van der Waals surface area contributed by atoms with Gasteiger partial charge in [0.15, 0.2) is 6.04 Å². The minimum atomic E-state index is -1.35. The summed E-state index contributed by atoms with van der Waals surface area (Å²) in [5, 5.41) is 11.6. The van der Waals surface area contributed by atoms with Crippen molar-refractivity contribution in [3.63, 3.8) is 0 Å². The van der Waals surface area contributed by atoms with Crippen LogP contribution in [-0.4, -0.2) is 11.1 Å². The standard InChI is InChI=1S/C14H11F2NO2/c15-10-6-2-1-5-9(10)13(14(18)19)17-12-8-4-3-7-11(12)16/h1-8,13,17H,(H,18,19). The third-order valence-corrected chi connectivity index (χ3v) is 2.64. The highest BCUT2D eigenvalue weighted by Gasteiger charge is 2.23. The third kappa shape index (κ3) is 2.88. The fourth-order valence-corrected chi connectivity index (χ4v) is 1.72. The maximum absolute atomic E-state index is 13.6. The Morgan fingerprint density at radius 3 is 2.16 bits per heavy atom. The van der Waals surface area contributed by atoms with Crippen molar-refractivity contribution in [1.82, 2.24) is 0 Å². The molecule has 0 bridgehead atoms. The van der Waals surface area contributed by atoms with Gasteiger partial charge >= 0.3 is 5.97 Å². The second-order valence-corrected chi connectivity index (χ2v) is 3.92. The van der Waals surface area contributed by atoms with E-state index in [1.165, 1.54) is 36.4 Å². The molecule has 98 valence electrons. The minimum absolute atomic E-state index is 0.0122. The number of aliphatic carboxylic acids is 1. The largest absolute Gasteiger partial charge is 0.479 e. The summed E-state index contributed by atoms with van der Waals surface area (Å²) in [6.07, 6.45) is 0. The summed E-state index contributed by atoms with van der Waals surface area (Å²) in [6.45, 7) is 0. The highest BCUT2D eigenvalue weighted by atomic mass is 19.1. The Labute approximate surface area is 108 Å². The molecule has 0 heterocycles. The predicted octanol–water partition coefficient (Wildman–Crippen LogP) is 3.20. The molecule has 0 aliphatic rings. The Bertz CT molecular complexity index is 602. The minimum Gasteiger partial charge on any atom is -0.479 e. The first-order valence-corrected chi connectivity index (χ1v) is 5.58. The fraction of sp³-hybridized carbons (Fsp3) is 0.0714. The van der Waals surface area contributed by atoms with Gasteiger partial charge in [-0.2, -0.15) is 0 Å². The number of halogens is 2. The van der Waals surface area contributed by atoms with Crippen LogP contribution in [0.2, 0.25) is 0 Å². The highest BCUT2D eigenvalue weighted by Crippen LogP contribution is 2.23. The van der Waals surface area contributed by atoms with Crippen molar-refractivity contribution in [3.05, 3.63) is 65.7 Å². The van der Waals surface area contributed by atoms with Gasteiger partial charge in [-0.25, -0.2) is 13.6 Å². The van der Waals surface area contributed by atoms with E-state index in [0.717, 1.165) is 6.07 Å². The van der Waals surface area contributed by atoms with Crippen LogP contribution >= 0.6 is 0 Å². The zero-order valence-electron chi connectivity index (χ0n) is 9.81. The molecular weight excluding hydrogens is 252 g/mol. The number of para-hydroxylation sites is 1. The van der Waals surface area contributed by atoms with Crippen molar-refractivity contribution < 1.29 is 18.7 Å². The number of anilines is 1. The second-order valence-electron chi connectivity index (χ2n) is 3.92. The smallest absolute Gasteiger partial charge is 0.330 e. The molecule has 2 aromatic carbocycles. The molecule has 3 nitrogen and oxygen atoms in total. The van der Waals surface area contributed by atoms with Crippen molar-refractivity contribution in [1.29, 1.82) is 0 Å². The number of nitrogens with one attached hydrogen (secondary N) is 1. The molecule has 0 spiro atoms. The van der Waals surface area contributed by atoms with Crippen LogP contribution in [0.4, 0.5) is 14.5 Å². The van der Waals surface area contributed by atoms with E-state index in [4.69, 9.17) is 5.11 Å². The predicted molar refractivity (Wildman–Crippen MR) is 66.8 cm³/mol. The fourth-order valence-electron chi connectivity index (χ4n) is 1.72. The zero-order chi connectivity index (χ0) is 13.8. The van der Waals surface area contributed by atoms with Crippen LogP contribution in [0.25, 0.3) is 0 Å². The summed E-state index contributed by atoms with van der Waals surface area (Å²) in [5.41, 5.74) is -0.0311. The van der Waals surface area contributed by atoms with E-state index in [9.17, 15) is 13.6 Å². The topological polar surface area (TPSA) is 49.3 Å². The molecule has 0 radical (unpaired) electrons. The van der Waals surface area contributed by atoms with Gasteiger partial charge in [0.1, 0.15) is 11.6 Å². The van der Waals surface area contributed by atoms with Gasteiger partial charge in [0, 0.05) is 5.56 Å². The third-order valence-electron chi connectivity index (χ3n) is 2.64. The van der Waals surface area contributed by atoms with Gasteiger partial charge in [-0.15, -0.1) is 0 Å². The first-order valence-electron chi connectivity index (χ1n) is 5.58. The first-order chi connectivity index (χ1) is 9.09. The molecule has 2 N–H and O–H groups in total. The van der Waals surface area contributed by atoms with E-state index >= 15 is 0 Å². The number of rotatable bonds is 4. The molecule has 0 aromatic heterocycles. The molecule has 0 saturated carbocycles. The number of carboxylic acids is 1. The van der Waals surface area contributed by atoms with Gasteiger partial charge in [-0.05, 0) is 18.2 Å². The van der Waals surface area contributed by atoms with Gasteiger partial charge in [-0.3, -0.25) is 0 Å². The van der Waals surface area contributed by atoms with Crippen molar-refractivity contribution in [3.8, 4) is 0 Å². The maximum Gasteiger partial charge on any atom is 0.330 e. The van der Waals surface area contributed by atoms with E-state index < -0.39 is 23.6 Å². The van der Waals surface area contributed by atoms with E-state index in [1.54, 1.807) is 6.07 Å². The lowest BCUT2D eigenvalue weighted by Crippen LogP contribution is -2.22. The molecule has 0 aliphatic carbocycles. The lowest BCUT2D eigenvalue weighted by atomic mass is 10.1. The van der Waals surface area contributed by atoms with Crippen molar-refractivity contribution in [2.75, 3.05) is 5.32 Å². The van der Waals surface area contributed by atoms with E-state index in [1.807, 2.05) is 0 Å². The molecule has 0 fully saturated rings. The van der Waals surface area contributed by atoms with Crippen LogP contribution in [0.5, 0.6) is 0 Å². The summed E-state index contributed by atoms with van der Waals surface area (Å²) < 4.78 is 27.1. The Morgan fingerprint density at radius 1 is 1.00 bits per heavy atom. The Balaban J connectivity index is 2.35. The Hall–Kier alpha value is -2.43. The average molecular weight is 263 g/mol. The SMILES string of the molecule is O=C(O)C(Nc1ccccc1F)c1ccccc1F. The monoisotopic (exact) mass is 263 g/mol. The quantitative estimate of drug-likeness (QED) is 0.890. The molecule has 19 heavy (non-hydrogen) atoms. The number of carboxylic acid groups (broad SMARTS) is 1. The van der Waals surface area contributed by atoms with Crippen LogP contribution in [0, 0.1) is 11.6 Å². The lowest BCUT2D eigenvalue weighted by Gasteiger charge is -2.17. The number of carbonyl (C=O) groups is 1. The summed E-state index contributed by atoms with van der Waals surface area (Å²) in [5.74, 6) is -2.53. The van der Waals surface area contributed by atoms with Crippen molar-refractivity contribution in [2.45, 2.75) is 6.04 Å². The van der Waals surface area contributed by atoms with Crippen LogP contribution in [-0.2, 0) is 4.79 Å². The summed E-state index contributed by atoms with van der Waals surface area (Å²) in [4.78, 5) is 11.2. The second kappa shape index (κ2) is 5.48. The van der Waals surface area contributed by atoms with E-state index in [2.05, 4.69) is 5.32 Å². The van der Waals surface area contributed by atoms with Gasteiger partial charge in [0.2, 0.25) is 0 Å². The zero-order valence-corrected chi connectivity index (χ0v) is 9.81. The summed E-state index contributed by atoms with van der Waals surface area (Å²) >= 11 is 0. The van der Waals surface area contributed by atoms with E-state index in [-0.39, 0.29) is 11.3 Å². The molecule has 5 heteroatoms. The van der Waals surface area contributed by atoms with Crippen LogP contribution in [0.1, 0.15) is 11.6 Å². The molecule has 0 aliphatic heterocycles. The number of benzene rings is 2. The van der Waals surface area contributed by atoms with E-state index in [0.29, 0.717) is 0 Å². The normalized spacial score (nSPS) is 11.9. The number of hydrogen-bond acceptors (Lipinski definition) is 2. The van der Waals surface area contributed by atoms with Gasteiger partial charge < -0.3 is 10.4 Å². The first kappa shape index (κ1) is 13.0. The van der Waals surface area contributed by atoms with Crippen LogP contribution < -0.4 is 5.32 Å². The van der Waals surface area contributed by atoms with Gasteiger partial charge in [0.25, 0.3) is 0 Å². The lowest BCUT2D eigenvalue weighted by molar-refractivity contribution is -0.138. The number of hydrogen-bond donors (Lipinski definition) is 2. The molecule has 0 amide bonds. The van der Waals surface area contributed by atoms with Crippen molar-refractivity contribution >= 4 is 11.7 Å². The Kier molecular flexibility index (Phi) is 3.75. The molecule has 1 atom stereocenters. The molecule has 2 rings (SSSR count). The molecule has 0 saturated heterocycles. The van der Waals surface area contributed by atoms with Gasteiger partial charge in [0.05, 0.1) is 5.69 Å². The van der Waals surface area contributed by atoms with Crippen molar-refractivity contribution in [2.24, 2.45) is 0 Å². The molecular formula is C14H11F2NO2. The summed E-state index contributed by atoms with van der Waals surface area (Å²) in [7, 11) is 0. The van der Waals surface area contributed by atoms with Gasteiger partial charge in [-0.1, -0.05) is 30.3 Å². The molecule has 2 aromatic rings. The Morgan fingerprint density at radius 2 is 1.58 bits per heavy atom. The summed E-state index contributed by atoms with van der Waals surface area (Å²) in [6, 6.07) is 9.78. The maximum atomic E-state index is 13.6. The average Bonchev–Trinajstić information content (AvgIpc) is 2.38.